The number of hydrogen-bond donors (Lipinski definition) is 0. The van der Waals surface area contributed by atoms with Crippen molar-refractivity contribution in [1.82, 2.24) is 9.55 Å². The Morgan fingerprint density at radius 1 is 1.06 bits per heavy atom. The lowest BCUT2D eigenvalue weighted by Gasteiger charge is -2.08. The molecule has 0 aliphatic heterocycles. The molecule has 0 N–H and O–H groups in total. The Morgan fingerprint density at radius 2 is 1.89 bits per heavy atom. The van der Waals surface area contributed by atoms with Gasteiger partial charge in [0.05, 0.1) is 5.52 Å². The van der Waals surface area contributed by atoms with Gasteiger partial charge in [0.15, 0.2) is 0 Å². The van der Waals surface area contributed by atoms with Crippen molar-refractivity contribution in [2.24, 2.45) is 0 Å². The van der Waals surface area contributed by atoms with Crippen LogP contribution in [0.4, 0.5) is 0 Å². The zero-order valence-corrected chi connectivity index (χ0v) is 10.5. The van der Waals surface area contributed by atoms with E-state index in [9.17, 15) is 0 Å². The topological polar surface area (TPSA) is 17.8 Å². The number of aromatic nitrogens is 2. The first kappa shape index (κ1) is 11.0. The monoisotopic (exact) mass is 236 g/mol. The normalized spacial score (nSPS) is 10.9. The molecule has 1 aromatic carbocycles. The van der Waals surface area contributed by atoms with Gasteiger partial charge in [0.1, 0.15) is 0 Å². The van der Waals surface area contributed by atoms with Crippen LogP contribution in [0.15, 0.2) is 55.0 Å². The summed E-state index contributed by atoms with van der Waals surface area (Å²) in [5, 5.41) is 1.32. The molecule has 0 bridgehead atoms. The van der Waals surface area contributed by atoms with Crippen LogP contribution < -0.4 is 0 Å². The summed E-state index contributed by atoms with van der Waals surface area (Å²) in [5.74, 6) is 0. The summed E-state index contributed by atoms with van der Waals surface area (Å²) < 4.78 is 2.32. The van der Waals surface area contributed by atoms with E-state index in [-0.39, 0.29) is 0 Å². The number of rotatable bonds is 3. The van der Waals surface area contributed by atoms with Crippen molar-refractivity contribution in [1.29, 1.82) is 0 Å². The Labute approximate surface area is 107 Å². The lowest BCUT2D eigenvalue weighted by Crippen LogP contribution is -1.99. The average Bonchev–Trinajstić information content (AvgIpc) is 2.83. The van der Waals surface area contributed by atoms with Crippen molar-refractivity contribution in [3.63, 3.8) is 0 Å². The molecule has 90 valence electrons. The van der Waals surface area contributed by atoms with E-state index in [1.807, 2.05) is 12.4 Å². The van der Waals surface area contributed by atoms with Gasteiger partial charge in [-0.2, -0.15) is 0 Å². The molecule has 0 radical (unpaired) electrons. The number of pyridine rings is 1. The van der Waals surface area contributed by atoms with Crippen LogP contribution in [0.25, 0.3) is 10.9 Å². The minimum atomic E-state index is 0.906. The first-order chi connectivity index (χ1) is 8.88. The first-order valence-electron chi connectivity index (χ1n) is 6.34. The van der Waals surface area contributed by atoms with Gasteiger partial charge < -0.3 is 4.57 Å². The molecule has 0 aliphatic rings. The highest BCUT2D eigenvalue weighted by Crippen LogP contribution is 2.21. The number of nitrogens with zero attached hydrogens (tertiary/aromatic N) is 2. The number of hydrogen-bond acceptors (Lipinski definition) is 1. The van der Waals surface area contributed by atoms with Crippen molar-refractivity contribution < 1.29 is 0 Å². The van der Waals surface area contributed by atoms with E-state index in [0.29, 0.717) is 0 Å². The molecule has 0 spiro atoms. The maximum absolute atomic E-state index is 4.06. The molecule has 2 heteroatoms. The lowest BCUT2D eigenvalue weighted by atomic mass is 10.1. The molecule has 0 aliphatic carbocycles. The van der Waals surface area contributed by atoms with Crippen LogP contribution in [0.2, 0.25) is 0 Å². The van der Waals surface area contributed by atoms with Gasteiger partial charge in [-0.05, 0) is 41.1 Å². The van der Waals surface area contributed by atoms with Gasteiger partial charge in [0.25, 0.3) is 0 Å². The summed E-state index contributed by atoms with van der Waals surface area (Å²) in [4.78, 5) is 4.06. The predicted octanol–water partition coefficient (Wildman–Crippen LogP) is 3.65. The Bertz CT molecular complexity index is 653. The van der Waals surface area contributed by atoms with E-state index < -0.39 is 0 Å². The first-order valence-corrected chi connectivity index (χ1v) is 6.34. The molecular weight excluding hydrogens is 220 g/mol. The van der Waals surface area contributed by atoms with Gasteiger partial charge in [-0.15, -0.1) is 0 Å². The summed E-state index contributed by atoms with van der Waals surface area (Å²) in [5.41, 5.74) is 4.05. The van der Waals surface area contributed by atoms with Crippen LogP contribution in [0.1, 0.15) is 18.1 Å². The Balaban J connectivity index is 2.07. The second-order valence-corrected chi connectivity index (χ2v) is 4.51. The molecule has 18 heavy (non-hydrogen) atoms. The molecule has 3 rings (SSSR count). The maximum atomic E-state index is 4.06. The van der Waals surface area contributed by atoms with E-state index in [1.165, 1.54) is 22.0 Å². The molecule has 2 aromatic heterocycles. The van der Waals surface area contributed by atoms with E-state index in [4.69, 9.17) is 0 Å². The number of benzene rings is 1. The Hall–Kier alpha value is -2.09. The maximum Gasteiger partial charge on any atom is 0.0515 e. The Morgan fingerprint density at radius 3 is 2.67 bits per heavy atom. The third kappa shape index (κ3) is 1.90. The van der Waals surface area contributed by atoms with Crippen LogP contribution in [0.3, 0.4) is 0 Å². The van der Waals surface area contributed by atoms with E-state index in [1.54, 1.807) is 0 Å². The quantitative estimate of drug-likeness (QED) is 0.678. The molecule has 2 nitrogen and oxygen atoms in total. The largest absolute Gasteiger partial charge is 0.343 e. The molecule has 0 unspecified atom stereocenters. The van der Waals surface area contributed by atoms with Crippen molar-refractivity contribution >= 4 is 10.9 Å². The van der Waals surface area contributed by atoms with Gasteiger partial charge in [0, 0.05) is 25.1 Å². The summed E-state index contributed by atoms with van der Waals surface area (Å²) in [6.45, 7) is 3.11. The zero-order chi connectivity index (χ0) is 12.4. The second kappa shape index (κ2) is 4.65. The van der Waals surface area contributed by atoms with Crippen LogP contribution >= 0.6 is 0 Å². The molecule has 0 saturated heterocycles. The molecule has 0 amide bonds. The zero-order valence-electron chi connectivity index (χ0n) is 10.5. The minimum Gasteiger partial charge on any atom is -0.343 e. The van der Waals surface area contributed by atoms with Crippen molar-refractivity contribution in [3.8, 4) is 0 Å². The summed E-state index contributed by atoms with van der Waals surface area (Å²) >= 11 is 0. The van der Waals surface area contributed by atoms with Crippen molar-refractivity contribution in [3.05, 3.63) is 66.1 Å². The van der Waals surface area contributed by atoms with Crippen LogP contribution in [-0.2, 0) is 13.0 Å². The number of para-hydroxylation sites is 1. The van der Waals surface area contributed by atoms with Crippen LogP contribution in [0, 0.1) is 0 Å². The summed E-state index contributed by atoms with van der Waals surface area (Å²) in [6.07, 6.45) is 6.94. The average molecular weight is 236 g/mol. The highest BCUT2D eigenvalue weighted by molar-refractivity contribution is 5.83. The fraction of sp³-hybridized carbons (Fsp3) is 0.188. The molecule has 0 fully saturated rings. The lowest BCUT2D eigenvalue weighted by molar-refractivity contribution is 0.829. The Kier molecular flexibility index (Phi) is 2.85. The third-order valence-electron chi connectivity index (χ3n) is 3.36. The summed E-state index contributed by atoms with van der Waals surface area (Å²) in [6, 6.07) is 12.9. The minimum absolute atomic E-state index is 0.906. The molecular formula is C16H16N2. The predicted molar refractivity (Wildman–Crippen MR) is 74.7 cm³/mol. The standard InChI is InChI=1S/C16H16N2/c1-2-14-4-3-5-15-8-11-18(16(14)15)12-13-6-9-17-10-7-13/h3-11H,2,12H2,1H3. The molecule has 2 heterocycles. The van der Waals surface area contributed by atoms with E-state index >= 15 is 0 Å². The molecule has 0 saturated carbocycles. The van der Waals surface area contributed by atoms with Crippen LogP contribution in [-0.4, -0.2) is 9.55 Å². The fourth-order valence-corrected chi connectivity index (χ4v) is 2.44. The van der Waals surface area contributed by atoms with Crippen LogP contribution in [0.5, 0.6) is 0 Å². The van der Waals surface area contributed by atoms with E-state index in [2.05, 4.69) is 59.1 Å². The SMILES string of the molecule is CCc1cccc2ccn(Cc3ccncc3)c12. The smallest absolute Gasteiger partial charge is 0.0515 e. The van der Waals surface area contributed by atoms with Crippen molar-refractivity contribution in [2.75, 3.05) is 0 Å². The van der Waals surface area contributed by atoms with Gasteiger partial charge in [0.2, 0.25) is 0 Å². The highest BCUT2D eigenvalue weighted by Gasteiger charge is 2.05. The van der Waals surface area contributed by atoms with Gasteiger partial charge in [-0.3, -0.25) is 4.98 Å². The third-order valence-corrected chi connectivity index (χ3v) is 3.36. The second-order valence-electron chi connectivity index (χ2n) is 4.51. The summed E-state index contributed by atoms with van der Waals surface area (Å²) in [7, 11) is 0. The van der Waals surface area contributed by atoms with Crippen molar-refractivity contribution in [2.45, 2.75) is 19.9 Å². The molecule has 3 aromatic rings. The number of aryl methyl sites for hydroxylation is 1. The number of fused-ring (bicyclic) bond motifs is 1. The van der Waals surface area contributed by atoms with Gasteiger partial charge in [-0.1, -0.05) is 25.1 Å². The van der Waals surface area contributed by atoms with E-state index in [0.717, 1.165) is 13.0 Å². The molecule has 0 atom stereocenters. The highest BCUT2D eigenvalue weighted by atomic mass is 15.0. The van der Waals surface area contributed by atoms with Gasteiger partial charge >= 0.3 is 0 Å². The van der Waals surface area contributed by atoms with Gasteiger partial charge in [-0.25, -0.2) is 0 Å². The fourth-order valence-electron chi connectivity index (χ4n) is 2.44.